The van der Waals surface area contributed by atoms with Crippen molar-refractivity contribution < 1.29 is 14.2 Å². The molecule has 0 amide bonds. The van der Waals surface area contributed by atoms with Crippen LogP contribution in [0, 0.1) is 0 Å². The Kier molecular flexibility index (Phi) is 7.96. The maximum absolute atomic E-state index is 5.57. The molecule has 0 aliphatic rings. The zero-order valence-corrected chi connectivity index (χ0v) is 10.6. The minimum absolute atomic E-state index is 0.0606. The highest BCUT2D eigenvalue weighted by molar-refractivity contribution is 4.62. The van der Waals surface area contributed by atoms with E-state index in [4.69, 9.17) is 14.2 Å². The summed E-state index contributed by atoms with van der Waals surface area (Å²) in [6, 6.07) is 0. The van der Waals surface area contributed by atoms with Crippen LogP contribution in [0.1, 0.15) is 20.8 Å². The third-order valence-electron chi connectivity index (χ3n) is 1.87. The molecule has 0 bridgehead atoms. The monoisotopic (exact) mass is 219 g/mol. The topological polar surface area (TPSA) is 39.7 Å². The van der Waals surface area contributed by atoms with Crippen LogP contribution in [0.4, 0.5) is 0 Å². The van der Waals surface area contributed by atoms with Gasteiger partial charge in [0.2, 0.25) is 0 Å². The summed E-state index contributed by atoms with van der Waals surface area (Å²) in [5, 5.41) is 3.26. The Balaban J connectivity index is 3.36. The molecule has 1 unspecified atom stereocenters. The molecule has 0 aliphatic carbocycles. The van der Waals surface area contributed by atoms with E-state index in [9.17, 15) is 0 Å². The zero-order chi connectivity index (χ0) is 11.7. The van der Waals surface area contributed by atoms with Crippen molar-refractivity contribution in [2.75, 3.05) is 40.5 Å². The summed E-state index contributed by atoms with van der Waals surface area (Å²) in [7, 11) is 3.37. The minimum Gasteiger partial charge on any atom is -0.382 e. The van der Waals surface area contributed by atoms with Gasteiger partial charge in [0.25, 0.3) is 0 Å². The van der Waals surface area contributed by atoms with Crippen LogP contribution in [0.25, 0.3) is 0 Å². The molecule has 15 heavy (non-hydrogen) atoms. The SMILES string of the molecule is COCC(CNCCOC(C)(C)C)OC. The first kappa shape index (κ1) is 14.8. The largest absolute Gasteiger partial charge is 0.382 e. The molecule has 92 valence electrons. The molecule has 4 nitrogen and oxygen atoms in total. The lowest BCUT2D eigenvalue weighted by Gasteiger charge is -2.20. The summed E-state index contributed by atoms with van der Waals surface area (Å²) in [6.07, 6.45) is 0.115. The molecule has 0 radical (unpaired) electrons. The molecule has 0 aromatic heterocycles. The summed E-state index contributed by atoms with van der Waals surface area (Å²) in [5.41, 5.74) is -0.0606. The van der Waals surface area contributed by atoms with Crippen LogP contribution >= 0.6 is 0 Å². The molecule has 0 saturated heterocycles. The Labute approximate surface area is 93.3 Å². The molecule has 0 aromatic carbocycles. The van der Waals surface area contributed by atoms with Crippen molar-refractivity contribution in [1.82, 2.24) is 5.32 Å². The molecule has 1 N–H and O–H groups in total. The smallest absolute Gasteiger partial charge is 0.0928 e. The second kappa shape index (κ2) is 8.05. The zero-order valence-electron chi connectivity index (χ0n) is 10.6. The van der Waals surface area contributed by atoms with E-state index in [-0.39, 0.29) is 11.7 Å². The molecule has 0 aromatic rings. The van der Waals surface area contributed by atoms with Crippen molar-refractivity contribution in [3.63, 3.8) is 0 Å². The highest BCUT2D eigenvalue weighted by atomic mass is 16.5. The first-order chi connectivity index (χ1) is 6.99. The van der Waals surface area contributed by atoms with Crippen molar-refractivity contribution >= 4 is 0 Å². The second-order valence-corrected chi connectivity index (χ2v) is 4.48. The molecule has 1 atom stereocenters. The molecule has 0 fully saturated rings. The van der Waals surface area contributed by atoms with Gasteiger partial charge in [0.1, 0.15) is 0 Å². The quantitative estimate of drug-likeness (QED) is 0.620. The van der Waals surface area contributed by atoms with Crippen LogP contribution in [-0.4, -0.2) is 52.2 Å². The van der Waals surface area contributed by atoms with Gasteiger partial charge in [-0.2, -0.15) is 0 Å². The van der Waals surface area contributed by atoms with Crippen LogP contribution in [-0.2, 0) is 14.2 Å². The lowest BCUT2D eigenvalue weighted by atomic mass is 10.2. The average Bonchev–Trinajstić information content (AvgIpc) is 2.14. The van der Waals surface area contributed by atoms with Crippen molar-refractivity contribution in [2.45, 2.75) is 32.5 Å². The van der Waals surface area contributed by atoms with Gasteiger partial charge in [-0.15, -0.1) is 0 Å². The van der Waals surface area contributed by atoms with Crippen molar-refractivity contribution in [1.29, 1.82) is 0 Å². The van der Waals surface area contributed by atoms with Crippen LogP contribution in [0.5, 0.6) is 0 Å². The van der Waals surface area contributed by atoms with E-state index < -0.39 is 0 Å². The van der Waals surface area contributed by atoms with E-state index in [1.807, 2.05) is 0 Å². The lowest BCUT2D eigenvalue weighted by Crippen LogP contribution is -2.34. The van der Waals surface area contributed by atoms with E-state index in [1.54, 1.807) is 14.2 Å². The molecule has 0 spiro atoms. The minimum atomic E-state index is -0.0606. The van der Waals surface area contributed by atoms with Gasteiger partial charge in [0.15, 0.2) is 0 Å². The van der Waals surface area contributed by atoms with Gasteiger partial charge in [-0.1, -0.05) is 0 Å². The predicted octanol–water partition coefficient (Wildman–Crippen LogP) is 1.05. The molecule has 0 heterocycles. The molecule has 0 rings (SSSR count). The third-order valence-corrected chi connectivity index (χ3v) is 1.87. The fraction of sp³-hybridized carbons (Fsp3) is 1.00. The number of nitrogens with one attached hydrogen (secondary N) is 1. The maximum Gasteiger partial charge on any atom is 0.0928 e. The van der Waals surface area contributed by atoms with Gasteiger partial charge in [-0.05, 0) is 20.8 Å². The fourth-order valence-electron chi connectivity index (χ4n) is 1.09. The molecule has 4 heteroatoms. The Hall–Kier alpha value is -0.160. The van der Waals surface area contributed by atoms with Crippen LogP contribution in [0.15, 0.2) is 0 Å². The van der Waals surface area contributed by atoms with E-state index in [0.717, 1.165) is 13.1 Å². The third kappa shape index (κ3) is 10.1. The van der Waals surface area contributed by atoms with Gasteiger partial charge < -0.3 is 19.5 Å². The van der Waals surface area contributed by atoms with Gasteiger partial charge in [0, 0.05) is 27.3 Å². The van der Waals surface area contributed by atoms with Crippen LogP contribution in [0.2, 0.25) is 0 Å². The van der Waals surface area contributed by atoms with E-state index in [1.165, 1.54) is 0 Å². The van der Waals surface area contributed by atoms with Crippen molar-refractivity contribution in [3.8, 4) is 0 Å². The highest BCUT2D eigenvalue weighted by Crippen LogP contribution is 2.04. The maximum atomic E-state index is 5.57. The summed E-state index contributed by atoms with van der Waals surface area (Å²) in [6.45, 7) is 9.11. The van der Waals surface area contributed by atoms with Crippen molar-refractivity contribution in [2.24, 2.45) is 0 Å². The Bertz CT molecular complexity index is 145. The second-order valence-electron chi connectivity index (χ2n) is 4.48. The van der Waals surface area contributed by atoms with E-state index in [0.29, 0.717) is 13.2 Å². The fourth-order valence-corrected chi connectivity index (χ4v) is 1.09. The molecular formula is C11H25NO3. The van der Waals surface area contributed by atoms with Crippen LogP contribution in [0.3, 0.4) is 0 Å². The predicted molar refractivity (Wildman–Crippen MR) is 61.2 cm³/mol. The van der Waals surface area contributed by atoms with Gasteiger partial charge >= 0.3 is 0 Å². The standard InChI is InChI=1S/C11H25NO3/c1-11(2,3)15-7-6-12-8-10(14-5)9-13-4/h10,12H,6-9H2,1-5H3. The van der Waals surface area contributed by atoms with Gasteiger partial charge in [-0.25, -0.2) is 0 Å². The highest BCUT2D eigenvalue weighted by Gasteiger charge is 2.09. The number of hydrogen-bond acceptors (Lipinski definition) is 4. The number of methoxy groups -OCH3 is 2. The number of hydrogen-bond donors (Lipinski definition) is 1. The Morgan fingerprint density at radius 3 is 2.33 bits per heavy atom. The first-order valence-electron chi connectivity index (χ1n) is 5.36. The molecular weight excluding hydrogens is 194 g/mol. The first-order valence-corrected chi connectivity index (χ1v) is 5.36. The Morgan fingerprint density at radius 1 is 1.20 bits per heavy atom. The Morgan fingerprint density at radius 2 is 1.87 bits per heavy atom. The van der Waals surface area contributed by atoms with E-state index in [2.05, 4.69) is 26.1 Å². The average molecular weight is 219 g/mol. The summed E-state index contributed by atoms with van der Waals surface area (Å²) in [5.74, 6) is 0. The number of ether oxygens (including phenoxy) is 3. The van der Waals surface area contributed by atoms with Gasteiger partial charge in [0.05, 0.1) is 24.9 Å². The summed E-state index contributed by atoms with van der Waals surface area (Å²) in [4.78, 5) is 0. The summed E-state index contributed by atoms with van der Waals surface area (Å²) >= 11 is 0. The lowest BCUT2D eigenvalue weighted by molar-refractivity contribution is -0.00463. The van der Waals surface area contributed by atoms with Gasteiger partial charge in [-0.3, -0.25) is 0 Å². The summed E-state index contributed by atoms with van der Waals surface area (Å²) < 4.78 is 15.8. The molecule has 0 saturated carbocycles. The van der Waals surface area contributed by atoms with Crippen molar-refractivity contribution in [3.05, 3.63) is 0 Å². The molecule has 0 aliphatic heterocycles. The number of rotatable bonds is 8. The normalized spacial score (nSPS) is 14.2. The van der Waals surface area contributed by atoms with Crippen LogP contribution < -0.4 is 5.32 Å². The van der Waals surface area contributed by atoms with E-state index >= 15 is 0 Å².